The summed E-state index contributed by atoms with van der Waals surface area (Å²) in [6.45, 7) is 0.144. The van der Waals surface area contributed by atoms with E-state index in [1.807, 2.05) is 30.3 Å². The minimum atomic E-state index is -0.330. The van der Waals surface area contributed by atoms with Crippen LogP contribution >= 0.6 is 0 Å². The molecule has 0 saturated carbocycles. The van der Waals surface area contributed by atoms with E-state index in [9.17, 15) is 9.18 Å². The Morgan fingerprint density at radius 3 is 2.77 bits per heavy atom. The van der Waals surface area contributed by atoms with Crippen molar-refractivity contribution in [1.82, 2.24) is 15.3 Å². The topological polar surface area (TPSA) is 57.8 Å². The van der Waals surface area contributed by atoms with Crippen molar-refractivity contribution >= 4 is 33.8 Å². The van der Waals surface area contributed by atoms with E-state index in [4.69, 9.17) is 0 Å². The number of amides is 1. The van der Waals surface area contributed by atoms with Gasteiger partial charge in [0.05, 0.1) is 17.4 Å². The average molecular weight is 345 g/mol. The van der Waals surface area contributed by atoms with Crippen molar-refractivity contribution < 1.29 is 9.18 Å². The Kier molecular flexibility index (Phi) is 4.19. The van der Waals surface area contributed by atoms with E-state index in [0.29, 0.717) is 11.3 Å². The van der Waals surface area contributed by atoms with Crippen LogP contribution in [0, 0.1) is 5.82 Å². The van der Waals surface area contributed by atoms with Crippen LogP contribution in [0.4, 0.5) is 4.39 Å². The zero-order valence-electron chi connectivity index (χ0n) is 13.9. The van der Waals surface area contributed by atoms with Crippen LogP contribution in [0.2, 0.25) is 0 Å². The number of pyridine rings is 1. The largest absolute Gasteiger partial charge is 0.353 e. The van der Waals surface area contributed by atoms with Crippen molar-refractivity contribution in [3.05, 3.63) is 83.9 Å². The Morgan fingerprint density at radius 2 is 1.88 bits per heavy atom. The standard InChI is InChI=1S/C21H16FN3O/c22-18-7-3-1-5-14(18)12-24-21(26)10-9-15-11-17-16-6-2-4-8-19(16)25-20(17)13-23-15/h1-11,13,25H,12H2,(H,24,26)/b10-9+. The van der Waals surface area contributed by atoms with E-state index in [1.165, 1.54) is 12.1 Å². The van der Waals surface area contributed by atoms with Crippen LogP contribution in [-0.4, -0.2) is 15.9 Å². The molecule has 2 N–H and O–H groups in total. The van der Waals surface area contributed by atoms with Crippen LogP contribution in [0.1, 0.15) is 11.3 Å². The van der Waals surface area contributed by atoms with Crippen molar-refractivity contribution in [3.63, 3.8) is 0 Å². The van der Waals surface area contributed by atoms with Crippen LogP contribution in [-0.2, 0) is 11.3 Å². The number of nitrogens with one attached hydrogen (secondary N) is 2. The third kappa shape index (κ3) is 3.19. The van der Waals surface area contributed by atoms with Gasteiger partial charge in [0.1, 0.15) is 5.82 Å². The second kappa shape index (κ2) is 6.80. The maximum atomic E-state index is 13.6. The van der Waals surface area contributed by atoms with Crippen molar-refractivity contribution in [2.24, 2.45) is 0 Å². The third-order valence-electron chi connectivity index (χ3n) is 4.23. The molecule has 1 amide bonds. The lowest BCUT2D eigenvalue weighted by Crippen LogP contribution is -2.20. The lowest BCUT2D eigenvalue weighted by atomic mass is 10.1. The zero-order valence-corrected chi connectivity index (χ0v) is 13.9. The molecular weight excluding hydrogens is 329 g/mol. The van der Waals surface area contributed by atoms with Gasteiger partial charge in [0.25, 0.3) is 0 Å². The van der Waals surface area contributed by atoms with Gasteiger partial charge in [0.15, 0.2) is 0 Å². The summed E-state index contributed by atoms with van der Waals surface area (Å²) in [5, 5.41) is 4.84. The lowest BCUT2D eigenvalue weighted by molar-refractivity contribution is -0.116. The first-order valence-corrected chi connectivity index (χ1v) is 8.26. The number of halogens is 1. The molecule has 0 aliphatic rings. The first-order valence-electron chi connectivity index (χ1n) is 8.26. The minimum Gasteiger partial charge on any atom is -0.353 e. The molecule has 2 aromatic heterocycles. The molecule has 5 heteroatoms. The number of nitrogens with zero attached hydrogens (tertiary/aromatic N) is 1. The molecule has 0 unspecified atom stereocenters. The summed E-state index contributed by atoms with van der Waals surface area (Å²) in [4.78, 5) is 19.6. The molecule has 0 spiro atoms. The molecule has 4 nitrogen and oxygen atoms in total. The van der Waals surface area contributed by atoms with Gasteiger partial charge in [-0.1, -0.05) is 36.4 Å². The molecular formula is C21H16FN3O. The number of para-hydroxylation sites is 1. The van der Waals surface area contributed by atoms with Gasteiger partial charge in [0.2, 0.25) is 5.91 Å². The monoisotopic (exact) mass is 345 g/mol. The van der Waals surface area contributed by atoms with Crippen LogP contribution in [0.3, 0.4) is 0 Å². The first kappa shape index (κ1) is 16.0. The Hall–Kier alpha value is -3.47. The predicted octanol–water partition coefficient (Wildman–Crippen LogP) is 4.18. The fourth-order valence-electron chi connectivity index (χ4n) is 2.90. The fraction of sp³-hybridized carbons (Fsp3) is 0.0476. The SMILES string of the molecule is O=C(/C=C/c1cc2c(cn1)[nH]c1ccccc12)NCc1ccccc1F. The normalized spacial score (nSPS) is 11.4. The number of hydrogen-bond donors (Lipinski definition) is 2. The highest BCUT2D eigenvalue weighted by Crippen LogP contribution is 2.25. The van der Waals surface area contributed by atoms with Gasteiger partial charge in [-0.2, -0.15) is 0 Å². The number of rotatable bonds is 4. The van der Waals surface area contributed by atoms with Crippen molar-refractivity contribution in [2.75, 3.05) is 0 Å². The molecule has 0 saturated heterocycles. The highest BCUT2D eigenvalue weighted by Gasteiger charge is 2.05. The van der Waals surface area contributed by atoms with Crippen LogP contribution in [0.15, 0.2) is 66.9 Å². The lowest BCUT2D eigenvalue weighted by Gasteiger charge is -2.03. The number of carbonyl (C=O) groups is 1. The molecule has 4 rings (SSSR count). The predicted molar refractivity (Wildman–Crippen MR) is 101 cm³/mol. The van der Waals surface area contributed by atoms with Crippen molar-refractivity contribution in [2.45, 2.75) is 6.54 Å². The van der Waals surface area contributed by atoms with E-state index < -0.39 is 0 Å². The summed E-state index contributed by atoms with van der Waals surface area (Å²) in [7, 11) is 0. The van der Waals surface area contributed by atoms with E-state index in [1.54, 1.807) is 30.5 Å². The molecule has 128 valence electrons. The molecule has 0 atom stereocenters. The number of hydrogen-bond acceptors (Lipinski definition) is 2. The Labute approximate surface area is 149 Å². The number of aromatic amines is 1. The molecule has 4 aromatic rings. The number of benzene rings is 2. The Morgan fingerprint density at radius 1 is 1.08 bits per heavy atom. The van der Waals surface area contributed by atoms with Gasteiger partial charge in [0, 0.05) is 34.5 Å². The number of aromatic nitrogens is 2. The highest BCUT2D eigenvalue weighted by molar-refractivity contribution is 6.07. The second-order valence-electron chi connectivity index (χ2n) is 5.97. The molecule has 0 fully saturated rings. The van der Waals surface area contributed by atoms with E-state index in [0.717, 1.165) is 21.8 Å². The average Bonchev–Trinajstić information content (AvgIpc) is 3.04. The quantitative estimate of drug-likeness (QED) is 0.545. The van der Waals surface area contributed by atoms with Crippen molar-refractivity contribution in [1.29, 1.82) is 0 Å². The molecule has 0 radical (unpaired) electrons. The van der Waals surface area contributed by atoms with Gasteiger partial charge in [-0.15, -0.1) is 0 Å². The van der Waals surface area contributed by atoms with Crippen molar-refractivity contribution in [3.8, 4) is 0 Å². The second-order valence-corrected chi connectivity index (χ2v) is 5.97. The van der Waals surface area contributed by atoms with Gasteiger partial charge >= 0.3 is 0 Å². The summed E-state index contributed by atoms with van der Waals surface area (Å²) in [5.74, 6) is -0.627. The Bertz CT molecular complexity index is 1130. The summed E-state index contributed by atoms with van der Waals surface area (Å²) < 4.78 is 13.6. The summed E-state index contributed by atoms with van der Waals surface area (Å²) in [6, 6.07) is 16.3. The minimum absolute atomic E-state index is 0.144. The molecule has 0 aliphatic carbocycles. The zero-order chi connectivity index (χ0) is 17.9. The first-order chi connectivity index (χ1) is 12.7. The maximum absolute atomic E-state index is 13.6. The number of carbonyl (C=O) groups excluding carboxylic acids is 1. The Balaban J connectivity index is 1.50. The summed E-state index contributed by atoms with van der Waals surface area (Å²) >= 11 is 0. The van der Waals surface area contributed by atoms with Gasteiger partial charge in [-0.3, -0.25) is 9.78 Å². The van der Waals surface area contributed by atoms with Gasteiger partial charge in [-0.05, 0) is 24.3 Å². The highest BCUT2D eigenvalue weighted by atomic mass is 19.1. The van der Waals surface area contributed by atoms with Crippen LogP contribution < -0.4 is 5.32 Å². The number of fused-ring (bicyclic) bond motifs is 3. The maximum Gasteiger partial charge on any atom is 0.244 e. The van der Waals surface area contributed by atoms with Gasteiger partial charge < -0.3 is 10.3 Å². The summed E-state index contributed by atoms with van der Waals surface area (Å²) in [5.41, 5.74) is 3.14. The molecule has 0 bridgehead atoms. The fourth-order valence-corrected chi connectivity index (χ4v) is 2.90. The molecule has 26 heavy (non-hydrogen) atoms. The van der Waals surface area contributed by atoms with E-state index >= 15 is 0 Å². The van der Waals surface area contributed by atoms with E-state index in [-0.39, 0.29) is 18.3 Å². The summed E-state index contributed by atoms with van der Waals surface area (Å²) in [6.07, 6.45) is 4.81. The molecule has 0 aliphatic heterocycles. The molecule has 2 aromatic carbocycles. The van der Waals surface area contributed by atoms with Crippen LogP contribution in [0.5, 0.6) is 0 Å². The van der Waals surface area contributed by atoms with E-state index in [2.05, 4.69) is 15.3 Å². The van der Waals surface area contributed by atoms with Gasteiger partial charge in [-0.25, -0.2) is 4.39 Å². The molecule has 2 heterocycles. The smallest absolute Gasteiger partial charge is 0.244 e. The third-order valence-corrected chi connectivity index (χ3v) is 4.23. The number of H-pyrrole nitrogens is 1. The van der Waals surface area contributed by atoms with Crippen LogP contribution in [0.25, 0.3) is 27.9 Å².